The summed E-state index contributed by atoms with van der Waals surface area (Å²) in [6, 6.07) is 8.35. The Morgan fingerprint density at radius 3 is 2.07 bits per heavy atom. The molecule has 0 spiro atoms. The molecule has 1 aromatic carbocycles. The smallest absolute Gasteiger partial charge is 0.0628 e. The lowest BCUT2D eigenvalue weighted by atomic mass is 9.85. The molecule has 14 heavy (non-hydrogen) atoms. The minimum absolute atomic E-state index is 0.0368. The van der Waals surface area contributed by atoms with Gasteiger partial charge in [0.05, 0.1) is 6.10 Å². The number of aliphatic hydroxyl groups is 1. The Labute approximate surface area is 86.8 Å². The molecule has 0 fully saturated rings. The average Bonchev–Trinajstić information content (AvgIpc) is 2.07. The first-order chi connectivity index (χ1) is 6.39. The number of aliphatic hydroxyl groups excluding tert-OH is 1. The van der Waals surface area contributed by atoms with Crippen LogP contribution in [0.4, 0.5) is 0 Å². The van der Waals surface area contributed by atoms with Crippen molar-refractivity contribution < 1.29 is 5.11 Å². The van der Waals surface area contributed by atoms with E-state index in [4.69, 9.17) is 0 Å². The summed E-state index contributed by atoms with van der Waals surface area (Å²) >= 11 is 0. The Morgan fingerprint density at radius 2 is 1.64 bits per heavy atom. The maximum Gasteiger partial charge on any atom is 0.0628 e. The Bertz CT molecular complexity index is 279. The fourth-order valence-electron chi connectivity index (χ4n) is 1.25. The van der Waals surface area contributed by atoms with Crippen LogP contribution < -0.4 is 0 Å². The van der Waals surface area contributed by atoms with Gasteiger partial charge in [0.1, 0.15) is 0 Å². The monoisotopic (exact) mass is 192 g/mol. The van der Waals surface area contributed by atoms with Gasteiger partial charge in [-0.3, -0.25) is 0 Å². The molecule has 0 aromatic heterocycles. The van der Waals surface area contributed by atoms with E-state index in [2.05, 4.69) is 52.0 Å². The summed E-state index contributed by atoms with van der Waals surface area (Å²) in [6.45, 7) is 8.26. The normalized spacial score (nSPS) is 14.1. The summed E-state index contributed by atoms with van der Waals surface area (Å²) in [5.74, 6) is 0. The number of aryl methyl sites for hydroxylation is 1. The van der Waals surface area contributed by atoms with Gasteiger partial charge in [-0.25, -0.2) is 0 Å². The standard InChI is InChI=1S/C13H20O/c1-10-5-7-11(8-6-10)9-12(14)13(2,3)4/h5-8,12,14H,9H2,1-4H3. The summed E-state index contributed by atoms with van der Waals surface area (Å²) in [4.78, 5) is 0. The summed E-state index contributed by atoms with van der Waals surface area (Å²) in [5.41, 5.74) is 2.43. The molecule has 78 valence electrons. The van der Waals surface area contributed by atoms with E-state index in [9.17, 15) is 5.11 Å². The topological polar surface area (TPSA) is 20.2 Å². The van der Waals surface area contributed by atoms with Gasteiger partial charge in [-0.2, -0.15) is 0 Å². The quantitative estimate of drug-likeness (QED) is 0.764. The third-order valence-electron chi connectivity index (χ3n) is 2.55. The highest BCUT2D eigenvalue weighted by atomic mass is 16.3. The lowest BCUT2D eigenvalue weighted by Gasteiger charge is -2.25. The summed E-state index contributed by atoms with van der Waals surface area (Å²) < 4.78 is 0. The van der Waals surface area contributed by atoms with Crippen molar-refractivity contribution in [3.63, 3.8) is 0 Å². The predicted octanol–water partition coefficient (Wildman–Crippen LogP) is 2.94. The van der Waals surface area contributed by atoms with Crippen molar-refractivity contribution >= 4 is 0 Å². The van der Waals surface area contributed by atoms with Crippen molar-refractivity contribution in [1.29, 1.82) is 0 Å². The van der Waals surface area contributed by atoms with Crippen molar-refractivity contribution in [2.24, 2.45) is 5.41 Å². The second kappa shape index (κ2) is 4.14. The van der Waals surface area contributed by atoms with Crippen LogP contribution in [-0.4, -0.2) is 11.2 Å². The van der Waals surface area contributed by atoms with Crippen molar-refractivity contribution in [2.45, 2.75) is 40.2 Å². The molecule has 1 heteroatoms. The highest BCUT2D eigenvalue weighted by Gasteiger charge is 2.21. The zero-order chi connectivity index (χ0) is 10.8. The van der Waals surface area contributed by atoms with Gasteiger partial charge in [-0.1, -0.05) is 50.6 Å². The number of benzene rings is 1. The van der Waals surface area contributed by atoms with Crippen LogP contribution in [0.1, 0.15) is 31.9 Å². The zero-order valence-corrected chi connectivity index (χ0v) is 9.54. The second-order valence-corrected chi connectivity index (χ2v) is 5.07. The first kappa shape index (κ1) is 11.3. The molecule has 0 saturated heterocycles. The van der Waals surface area contributed by atoms with Crippen LogP contribution in [0, 0.1) is 12.3 Å². The van der Waals surface area contributed by atoms with Crippen LogP contribution in [0.2, 0.25) is 0 Å². The molecule has 0 bridgehead atoms. The predicted molar refractivity (Wildman–Crippen MR) is 60.3 cm³/mol. The minimum Gasteiger partial charge on any atom is -0.392 e. The van der Waals surface area contributed by atoms with Crippen LogP contribution >= 0.6 is 0 Å². The first-order valence-corrected chi connectivity index (χ1v) is 5.13. The molecule has 1 unspecified atom stereocenters. The second-order valence-electron chi connectivity index (χ2n) is 5.07. The van der Waals surface area contributed by atoms with Gasteiger partial charge < -0.3 is 5.11 Å². The van der Waals surface area contributed by atoms with Crippen LogP contribution in [-0.2, 0) is 6.42 Å². The molecule has 0 aliphatic rings. The summed E-state index contributed by atoms with van der Waals surface area (Å²) in [7, 11) is 0. The molecule has 1 rings (SSSR count). The van der Waals surface area contributed by atoms with Crippen LogP contribution in [0.15, 0.2) is 24.3 Å². The largest absolute Gasteiger partial charge is 0.392 e. The Balaban J connectivity index is 2.65. The van der Waals surface area contributed by atoms with E-state index in [0.29, 0.717) is 0 Å². The summed E-state index contributed by atoms with van der Waals surface area (Å²) in [6.07, 6.45) is 0.467. The highest BCUT2D eigenvalue weighted by Crippen LogP contribution is 2.22. The van der Waals surface area contributed by atoms with E-state index < -0.39 is 0 Å². The van der Waals surface area contributed by atoms with Crippen molar-refractivity contribution in [1.82, 2.24) is 0 Å². The van der Waals surface area contributed by atoms with Crippen LogP contribution in [0.25, 0.3) is 0 Å². The van der Waals surface area contributed by atoms with Crippen molar-refractivity contribution in [3.8, 4) is 0 Å². The van der Waals surface area contributed by atoms with Gasteiger partial charge in [0.25, 0.3) is 0 Å². The van der Waals surface area contributed by atoms with Crippen molar-refractivity contribution in [2.75, 3.05) is 0 Å². The molecular weight excluding hydrogens is 172 g/mol. The van der Waals surface area contributed by atoms with Crippen LogP contribution in [0.5, 0.6) is 0 Å². The van der Waals surface area contributed by atoms with E-state index in [-0.39, 0.29) is 11.5 Å². The average molecular weight is 192 g/mol. The third-order valence-corrected chi connectivity index (χ3v) is 2.55. The first-order valence-electron chi connectivity index (χ1n) is 5.13. The van der Waals surface area contributed by atoms with E-state index >= 15 is 0 Å². The molecule has 1 nitrogen and oxygen atoms in total. The molecule has 1 N–H and O–H groups in total. The SMILES string of the molecule is Cc1ccc(CC(O)C(C)(C)C)cc1. The van der Waals surface area contributed by atoms with E-state index in [1.165, 1.54) is 11.1 Å². The van der Waals surface area contributed by atoms with Crippen LogP contribution in [0.3, 0.4) is 0 Å². The Morgan fingerprint density at radius 1 is 1.14 bits per heavy atom. The molecule has 0 saturated carbocycles. The Hall–Kier alpha value is -0.820. The molecule has 0 aliphatic heterocycles. The van der Waals surface area contributed by atoms with Gasteiger partial charge in [-0.15, -0.1) is 0 Å². The van der Waals surface area contributed by atoms with Crippen molar-refractivity contribution in [3.05, 3.63) is 35.4 Å². The van der Waals surface area contributed by atoms with Gasteiger partial charge in [0.2, 0.25) is 0 Å². The lowest BCUT2D eigenvalue weighted by Crippen LogP contribution is -2.27. The van der Waals surface area contributed by atoms with E-state index in [0.717, 1.165) is 6.42 Å². The molecule has 0 aliphatic carbocycles. The maximum absolute atomic E-state index is 9.91. The fraction of sp³-hybridized carbons (Fsp3) is 0.538. The number of hydrogen-bond donors (Lipinski definition) is 1. The zero-order valence-electron chi connectivity index (χ0n) is 9.54. The molecule has 0 radical (unpaired) electrons. The maximum atomic E-state index is 9.91. The highest BCUT2D eigenvalue weighted by molar-refractivity contribution is 5.22. The van der Waals surface area contributed by atoms with Gasteiger partial charge in [0.15, 0.2) is 0 Å². The molecule has 0 amide bonds. The molecule has 1 aromatic rings. The minimum atomic E-state index is -0.273. The number of rotatable bonds is 2. The summed E-state index contributed by atoms with van der Waals surface area (Å²) in [5, 5.41) is 9.91. The lowest BCUT2D eigenvalue weighted by molar-refractivity contribution is 0.0636. The number of hydrogen-bond acceptors (Lipinski definition) is 1. The fourth-order valence-corrected chi connectivity index (χ4v) is 1.25. The van der Waals surface area contributed by atoms with E-state index in [1.807, 2.05) is 0 Å². The van der Waals surface area contributed by atoms with E-state index in [1.54, 1.807) is 0 Å². The Kier molecular flexibility index (Phi) is 3.33. The van der Waals surface area contributed by atoms with Gasteiger partial charge in [0, 0.05) is 0 Å². The van der Waals surface area contributed by atoms with Gasteiger partial charge in [-0.05, 0) is 24.3 Å². The van der Waals surface area contributed by atoms with Gasteiger partial charge >= 0.3 is 0 Å². The molecule has 1 atom stereocenters. The molecular formula is C13H20O. The molecule has 0 heterocycles. The third kappa shape index (κ3) is 3.15.